The Morgan fingerprint density at radius 2 is 1.73 bits per heavy atom. The largest absolute Gasteiger partial charge is 0.342 e. The molecule has 0 saturated carbocycles. The molecule has 0 atom stereocenters. The van der Waals surface area contributed by atoms with E-state index in [1.807, 2.05) is 18.2 Å². The standard InChI is InChI=1S/C21H21ClN2O2/c1-3-4-13-23(2)20(25)19-14-24(16-11-9-15(22)10-12-16)21(26)18-8-6-5-7-17(18)19/h5-12,14H,3-4,13H2,1-2H3. The zero-order valence-corrected chi connectivity index (χ0v) is 15.7. The van der Waals surface area contributed by atoms with E-state index in [1.165, 1.54) is 4.57 Å². The van der Waals surface area contributed by atoms with Crippen LogP contribution in [0.2, 0.25) is 5.02 Å². The van der Waals surface area contributed by atoms with Gasteiger partial charge in [0.1, 0.15) is 0 Å². The molecule has 0 saturated heterocycles. The van der Waals surface area contributed by atoms with E-state index < -0.39 is 0 Å². The van der Waals surface area contributed by atoms with Crippen LogP contribution >= 0.6 is 11.6 Å². The molecule has 0 radical (unpaired) electrons. The molecule has 1 heterocycles. The van der Waals surface area contributed by atoms with Crippen molar-refractivity contribution in [2.75, 3.05) is 13.6 Å². The lowest BCUT2D eigenvalue weighted by atomic mass is 10.1. The topological polar surface area (TPSA) is 42.3 Å². The van der Waals surface area contributed by atoms with Crippen LogP contribution in [-0.2, 0) is 0 Å². The summed E-state index contributed by atoms with van der Waals surface area (Å²) in [6.45, 7) is 2.78. The van der Waals surface area contributed by atoms with Gasteiger partial charge in [-0.2, -0.15) is 0 Å². The van der Waals surface area contributed by atoms with Crippen LogP contribution in [0.25, 0.3) is 16.5 Å². The molecule has 4 nitrogen and oxygen atoms in total. The lowest BCUT2D eigenvalue weighted by Gasteiger charge is -2.19. The number of nitrogens with zero attached hydrogens (tertiary/aromatic N) is 2. The van der Waals surface area contributed by atoms with Crippen LogP contribution in [0, 0.1) is 0 Å². The lowest BCUT2D eigenvalue weighted by molar-refractivity contribution is 0.0794. The maximum Gasteiger partial charge on any atom is 0.262 e. The zero-order valence-electron chi connectivity index (χ0n) is 14.9. The third-order valence-corrected chi connectivity index (χ3v) is 4.71. The fourth-order valence-corrected chi connectivity index (χ4v) is 3.08. The van der Waals surface area contributed by atoms with E-state index in [2.05, 4.69) is 6.92 Å². The summed E-state index contributed by atoms with van der Waals surface area (Å²) in [6, 6.07) is 14.2. The van der Waals surface area contributed by atoms with Crippen LogP contribution in [0.3, 0.4) is 0 Å². The van der Waals surface area contributed by atoms with E-state index in [9.17, 15) is 9.59 Å². The highest BCUT2D eigenvalue weighted by atomic mass is 35.5. The number of aromatic nitrogens is 1. The molecule has 1 aromatic heterocycles. The van der Waals surface area contributed by atoms with Gasteiger partial charge in [0.15, 0.2) is 0 Å². The second-order valence-electron chi connectivity index (χ2n) is 6.32. The number of hydrogen-bond donors (Lipinski definition) is 0. The van der Waals surface area contributed by atoms with E-state index >= 15 is 0 Å². The van der Waals surface area contributed by atoms with Gasteiger partial charge in [-0.3, -0.25) is 14.2 Å². The molecule has 0 N–H and O–H groups in total. The first-order chi connectivity index (χ1) is 12.5. The molecule has 3 rings (SSSR count). The zero-order chi connectivity index (χ0) is 18.7. The Labute approximate surface area is 157 Å². The highest BCUT2D eigenvalue weighted by molar-refractivity contribution is 6.30. The number of benzene rings is 2. The Kier molecular flexibility index (Phi) is 5.43. The van der Waals surface area contributed by atoms with Crippen molar-refractivity contribution in [1.82, 2.24) is 9.47 Å². The Bertz CT molecular complexity index is 993. The molecule has 2 aromatic carbocycles. The smallest absolute Gasteiger partial charge is 0.262 e. The van der Waals surface area contributed by atoms with Crippen molar-refractivity contribution in [3.05, 3.63) is 75.7 Å². The maximum absolute atomic E-state index is 13.0. The molecule has 0 unspecified atom stereocenters. The molecule has 0 aliphatic carbocycles. The van der Waals surface area contributed by atoms with Gasteiger partial charge in [0, 0.05) is 41.3 Å². The predicted octanol–water partition coefficient (Wildman–Crippen LogP) is 4.52. The van der Waals surface area contributed by atoms with E-state index in [-0.39, 0.29) is 11.5 Å². The van der Waals surface area contributed by atoms with Gasteiger partial charge in [-0.1, -0.05) is 43.1 Å². The first-order valence-corrected chi connectivity index (χ1v) is 9.06. The second kappa shape index (κ2) is 7.75. The molecule has 0 fully saturated rings. The number of rotatable bonds is 5. The second-order valence-corrected chi connectivity index (χ2v) is 6.76. The molecule has 26 heavy (non-hydrogen) atoms. The Morgan fingerprint density at radius 3 is 2.38 bits per heavy atom. The van der Waals surface area contributed by atoms with E-state index in [1.54, 1.807) is 48.5 Å². The molecule has 5 heteroatoms. The third-order valence-electron chi connectivity index (χ3n) is 4.45. The van der Waals surface area contributed by atoms with Crippen LogP contribution in [0.1, 0.15) is 30.1 Å². The highest BCUT2D eigenvalue weighted by Gasteiger charge is 2.18. The van der Waals surface area contributed by atoms with E-state index in [0.717, 1.165) is 12.8 Å². The minimum absolute atomic E-state index is 0.0858. The molecule has 0 bridgehead atoms. The van der Waals surface area contributed by atoms with Gasteiger partial charge in [-0.25, -0.2) is 0 Å². The van der Waals surface area contributed by atoms with Crippen molar-refractivity contribution >= 4 is 28.3 Å². The van der Waals surface area contributed by atoms with Crippen LogP contribution in [0.5, 0.6) is 0 Å². The average molecular weight is 369 g/mol. The summed E-state index contributed by atoms with van der Waals surface area (Å²) < 4.78 is 1.51. The molecule has 1 amide bonds. The van der Waals surface area contributed by atoms with Crippen LogP contribution in [0.4, 0.5) is 0 Å². The van der Waals surface area contributed by atoms with Crippen LogP contribution in [0.15, 0.2) is 59.5 Å². The molecule has 0 aliphatic rings. The minimum Gasteiger partial charge on any atom is -0.342 e. The van der Waals surface area contributed by atoms with Gasteiger partial charge >= 0.3 is 0 Å². The molecular weight excluding hydrogens is 348 g/mol. The number of amides is 1. The van der Waals surface area contributed by atoms with Crippen molar-refractivity contribution < 1.29 is 4.79 Å². The van der Waals surface area contributed by atoms with Crippen molar-refractivity contribution in [2.45, 2.75) is 19.8 Å². The monoisotopic (exact) mass is 368 g/mol. The van der Waals surface area contributed by atoms with Gasteiger partial charge < -0.3 is 4.90 Å². The Hall–Kier alpha value is -2.59. The molecule has 0 spiro atoms. The summed E-state index contributed by atoms with van der Waals surface area (Å²) in [5, 5.41) is 1.80. The molecule has 0 aliphatic heterocycles. The summed E-state index contributed by atoms with van der Waals surface area (Å²) >= 11 is 5.96. The number of hydrogen-bond acceptors (Lipinski definition) is 2. The highest BCUT2D eigenvalue weighted by Crippen LogP contribution is 2.20. The van der Waals surface area contributed by atoms with E-state index in [4.69, 9.17) is 11.6 Å². The summed E-state index contributed by atoms with van der Waals surface area (Å²) in [5.41, 5.74) is 1.04. The van der Waals surface area contributed by atoms with Crippen molar-refractivity contribution in [3.8, 4) is 5.69 Å². The Balaban J connectivity index is 2.19. The van der Waals surface area contributed by atoms with Crippen LogP contribution in [-0.4, -0.2) is 29.0 Å². The molecular formula is C21H21ClN2O2. The maximum atomic E-state index is 13.0. The number of halogens is 1. The van der Waals surface area contributed by atoms with Crippen LogP contribution < -0.4 is 5.56 Å². The van der Waals surface area contributed by atoms with Gasteiger partial charge in [0.05, 0.1) is 5.56 Å². The van der Waals surface area contributed by atoms with Gasteiger partial charge in [-0.05, 0) is 36.8 Å². The number of carbonyl (C=O) groups excluding carboxylic acids is 1. The Morgan fingerprint density at radius 1 is 1.08 bits per heavy atom. The van der Waals surface area contributed by atoms with Crippen molar-refractivity contribution in [3.63, 3.8) is 0 Å². The quantitative estimate of drug-likeness (QED) is 0.664. The van der Waals surface area contributed by atoms with Crippen molar-refractivity contribution in [2.24, 2.45) is 0 Å². The average Bonchev–Trinajstić information content (AvgIpc) is 2.67. The lowest BCUT2D eigenvalue weighted by Crippen LogP contribution is -2.30. The van der Waals surface area contributed by atoms with Gasteiger partial charge in [0.2, 0.25) is 0 Å². The molecule has 134 valence electrons. The first-order valence-electron chi connectivity index (χ1n) is 8.68. The number of carbonyl (C=O) groups is 1. The van der Waals surface area contributed by atoms with Gasteiger partial charge in [-0.15, -0.1) is 0 Å². The summed E-state index contributed by atoms with van der Waals surface area (Å²) in [7, 11) is 1.80. The fourth-order valence-electron chi connectivity index (χ4n) is 2.96. The SMILES string of the molecule is CCCCN(C)C(=O)c1cn(-c2ccc(Cl)cc2)c(=O)c2ccccc12. The van der Waals surface area contributed by atoms with Gasteiger partial charge in [0.25, 0.3) is 11.5 Å². The third kappa shape index (κ3) is 3.51. The summed E-state index contributed by atoms with van der Waals surface area (Å²) in [5.74, 6) is -0.0858. The summed E-state index contributed by atoms with van der Waals surface area (Å²) in [4.78, 5) is 27.6. The minimum atomic E-state index is -0.157. The fraction of sp³-hybridized carbons (Fsp3) is 0.238. The first kappa shape index (κ1) is 18.2. The van der Waals surface area contributed by atoms with E-state index in [0.29, 0.717) is 33.6 Å². The normalized spacial score (nSPS) is 10.9. The van der Waals surface area contributed by atoms with Crippen molar-refractivity contribution in [1.29, 1.82) is 0 Å². The summed E-state index contributed by atoms with van der Waals surface area (Å²) in [6.07, 6.45) is 3.60. The molecule has 3 aromatic rings. The number of unbranched alkanes of at least 4 members (excludes halogenated alkanes) is 1. The number of pyridine rings is 1. The number of fused-ring (bicyclic) bond motifs is 1. The predicted molar refractivity (Wildman–Crippen MR) is 106 cm³/mol.